The van der Waals surface area contributed by atoms with Crippen molar-refractivity contribution in [2.75, 3.05) is 19.5 Å². The van der Waals surface area contributed by atoms with Gasteiger partial charge in [0.1, 0.15) is 28.4 Å². The lowest BCUT2D eigenvalue weighted by Gasteiger charge is -2.53. The van der Waals surface area contributed by atoms with Gasteiger partial charge in [0, 0.05) is 42.7 Å². The van der Waals surface area contributed by atoms with Crippen molar-refractivity contribution in [1.82, 2.24) is 20.0 Å². The molecule has 2 fully saturated rings. The zero-order chi connectivity index (χ0) is 30.4. The number of hydrogen-bond acceptors (Lipinski definition) is 7. The molecule has 6 atom stereocenters. The molecule has 2 aromatic heterocycles. The summed E-state index contributed by atoms with van der Waals surface area (Å²) in [6, 6.07) is 4.76. The highest BCUT2D eigenvalue weighted by atomic mass is 35.5. The van der Waals surface area contributed by atoms with Gasteiger partial charge in [-0.1, -0.05) is 22.9 Å². The molecule has 0 amide bonds. The zero-order valence-corrected chi connectivity index (χ0v) is 24.6. The largest absolute Gasteiger partial charge is 0.395 e. The van der Waals surface area contributed by atoms with Crippen molar-refractivity contribution in [2.24, 2.45) is 0 Å². The highest BCUT2D eigenvalue weighted by molar-refractivity contribution is 8.18. The van der Waals surface area contributed by atoms with Crippen molar-refractivity contribution in [1.29, 1.82) is 0 Å². The molecule has 0 spiro atoms. The van der Waals surface area contributed by atoms with Crippen LogP contribution >= 0.6 is 22.5 Å². The molecule has 2 aliphatic rings. The summed E-state index contributed by atoms with van der Waals surface area (Å²) < 4.78 is 63.7. The Morgan fingerprint density at radius 1 is 1.19 bits per heavy atom. The number of nitrogens with zero attached hydrogens (tertiary/aromatic N) is 4. The van der Waals surface area contributed by atoms with Crippen LogP contribution in [0, 0.1) is 18.6 Å². The Labute approximate surface area is 248 Å². The summed E-state index contributed by atoms with van der Waals surface area (Å²) >= 11 is 5.60. The minimum Gasteiger partial charge on any atom is -0.395 e. The number of thiol groups is 1. The second-order valence-corrected chi connectivity index (χ2v) is 14.1. The van der Waals surface area contributed by atoms with Gasteiger partial charge in [0.2, 0.25) is 5.92 Å². The third-order valence-electron chi connectivity index (χ3n) is 8.52. The van der Waals surface area contributed by atoms with Crippen molar-refractivity contribution in [3.63, 3.8) is 0 Å². The van der Waals surface area contributed by atoms with E-state index in [2.05, 4.69) is 15.3 Å². The summed E-state index contributed by atoms with van der Waals surface area (Å²) in [4.78, 5) is 4.56. The van der Waals surface area contributed by atoms with Gasteiger partial charge in [0.25, 0.3) is 0 Å². The third-order valence-corrected chi connectivity index (χ3v) is 12.4. The Bertz CT molecular complexity index is 1400. The van der Waals surface area contributed by atoms with Gasteiger partial charge in [-0.25, -0.2) is 33.1 Å². The van der Waals surface area contributed by atoms with E-state index in [1.807, 2.05) is 13.0 Å². The molecular formula is C28H33ClF4N4O4S. The molecular weight excluding hydrogens is 600 g/mol. The van der Waals surface area contributed by atoms with E-state index in [1.54, 1.807) is 12.3 Å². The number of halogens is 5. The van der Waals surface area contributed by atoms with Crippen molar-refractivity contribution >= 4 is 22.5 Å². The summed E-state index contributed by atoms with van der Waals surface area (Å²) in [6.07, 6.45) is -0.228. The highest BCUT2D eigenvalue weighted by Crippen LogP contribution is 2.61. The number of pyridine rings is 1. The minimum atomic E-state index is -2.88. The number of methoxy groups -OCH3 is 1. The Balaban J connectivity index is 1.52. The Hall–Kier alpha value is -2.29. The van der Waals surface area contributed by atoms with E-state index >= 15 is 0 Å². The van der Waals surface area contributed by atoms with Gasteiger partial charge in [-0.15, -0.1) is 5.10 Å². The van der Waals surface area contributed by atoms with E-state index in [9.17, 15) is 32.9 Å². The third kappa shape index (κ3) is 5.79. The predicted octanol–water partition coefficient (Wildman–Crippen LogP) is 4.55. The van der Waals surface area contributed by atoms with Gasteiger partial charge in [-0.2, -0.15) is 0 Å². The fraction of sp³-hybridized carbons (Fsp3) is 0.536. The van der Waals surface area contributed by atoms with Gasteiger partial charge in [-0.3, -0.25) is 4.98 Å². The molecule has 3 aromatic rings. The molecule has 0 radical (unpaired) electrons. The van der Waals surface area contributed by atoms with Crippen molar-refractivity contribution < 1.29 is 37.6 Å². The topological polar surface area (TPSA) is 114 Å². The predicted molar refractivity (Wildman–Crippen MR) is 151 cm³/mol. The molecule has 230 valence electrons. The maximum atomic E-state index is 14.2. The number of aliphatic hydroxyl groups is 3. The lowest BCUT2D eigenvalue weighted by molar-refractivity contribution is -0.105. The maximum absolute atomic E-state index is 14.2. The SMILES string of the molecule is CO[C@H]1C[SH]([C@H](c2ncccc2C)C2(O)CCC(F)(F)CC2)[C@H](CO)[C@H](O)[C@@H]1n1cc(-c2cc(F)c(Cl)c(F)c2)nn1. The molecule has 5 rings (SSSR count). The lowest BCUT2D eigenvalue weighted by atomic mass is 9.79. The summed E-state index contributed by atoms with van der Waals surface area (Å²) in [5, 5.41) is 40.3. The monoisotopic (exact) mass is 632 g/mol. The normalized spacial score (nSPS) is 28.9. The fourth-order valence-corrected chi connectivity index (χ4v) is 10.2. The average Bonchev–Trinajstić information content (AvgIpc) is 3.44. The summed E-state index contributed by atoms with van der Waals surface area (Å²) in [7, 11) is -0.0478. The van der Waals surface area contributed by atoms with E-state index in [-0.39, 0.29) is 29.9 Å². The van der Waals surface area contributed by atoms with Crippen LogP contribution in [0.1, 0.15) is 48.2 Å². The molecule has 1 aliphatic heterocycles. The van der Waals surface area contributed by atoms with E-state index in [0.717, 1.165) is 17.7 Å². The van der Waals surface area contributed by atoms with Crippen LogP contribution in [0.5, 0.6) is 0 Å². The number of aryl methyl sites for hydroxylation is 1. The van der Waals surface area contributed by atoms with Gasteiger partial charge in [-0.05, 0) is 43.5 Å². The number of ether oxygens (including phenoxy) is 1. The number of aliphatic hydroxyl groups excluding tert-OH is 2. The molecule has 3 heterocycles. The van der Waals surface area contributed by atoms with Crippen LogP contribution in [-0.4, -0.2) is 83.7 Å². The fourth-order valence-electron chi connectivity index (χ4n) is 6.23. The number of rotatable bonds is 7. The van der Waals surface area contributed by atoms with E-state index in [0.29, 0.717) is 5.69 Å². The van der Waals surface area contributed by atoms with Crippen LogP contribution in [0.2, 0.25) is 5.02 Å². The van der Waals surface area contributed by atoms with E-state index in [4.69, 9.17) is 16.3 Å². The van der Waals surface area contributed by atoms with Crippen LogP contribution in [0.4, 0.5) is 17.6 Å². The Morgan fingerprint density at radius 3 is 2.45 bits per heavy atom. The summed E-state index contributed by atoms with van der Waals surface area (Å²) in [5.41, 5.74) is -0.0119. The van der Waals surface area contributed by atoms with Gasteiger partial charge < -0.3 is 20.1 Å². The first-order valence-electron chi connectivity index (χ1n) is 13.5. The Kier molecular flexibility index (Phi) is 8.90. The molecule has 8 nitrogen and oxygen atoms in total. The second-order valence-electron chi connectivity index (χ2n) is 11.1. The van der Waals surface area contributed by atoms with Gasteiger partial charge in [0.05, 0.1) is 41.6 Å². The molecule has 1 aromatic carbocycles. The van der Waals surface area contributed by atoms with Crippen LogP contribution < -0.4 is 0 Å². The van der Waals surface area contributed by atoms with Gasteiger partial charge in [0.15, 0.2) is 0 Å². The summed E-state index contributed by atoms with van der Waals surface area (Å²) in [5.74, 6) is -4.53. The number of benzene rings is 1. The molecule has 42 heavy (non-hydrogen) atoms. The van der Waals surface area contributed by atoms with Crippen molar-refractivity contribution in [2.45, 2.75) is 72.9 Å². The van der Waals surface area contributed by atoms with Crippen molar-refractivity contribution in [3.05, 3.63) is 64.6 Å². The number of hydrogen-bond donors (Lipinski definition) is 4. The standard InChI is InChI=1S/C28H33ClF4N4O4S/c1-15-4-3-9-34-23(15)26(27(40)5-7-28(32,33)8-6-27)42-14-20(41-2)24(25(39)21(42)13-38)37-12-19(35-36-37)16-10-17(30)22(29)18(31)11-16/h3-4,9-12,20-21,24-26,38-40,42H,5-8,13-14H2,1-2H3/t20-,21+,24+,25-,26+/m0/s1. The minimum absolute atomic E-state index is 0.0860. The molecule has 1 aliphatic carbocycles. The van der Waals surface area contributed by atoms with Crippen LogP contribution in [0.15, 0.2) is 36.7 Å². The van der Waals surface area contributed by atoms with E-state index < -0.39 is 87.3 Å². The summed E-state index contributed by atoms with van der Waals surface area (Å²) in [6.45, 7) is 1.37. The zero-order valence-electron chi connectivity index (χ0n) is 23.0. The highest BCUT2D eigenvalue weighted by Gasteiger charge is 2.54. The Morgan fingerprint density at radius 2 is 1.86 bits per heavy atom. The van der Waals surface area contributed by atoms with Gasteiger partial charge >= 0.3 is 0 Å². The smallest absolute Gasteiger partial charge is 0.248 e. The maximum Gasteiger partial charge on any atom is 0.248 e. The number of aromatic nitrogens is 4. The first-order chi connectivity index (χ1) is 19.9. The van der Waals surface area contributed by atoms with E-state index in [1.165, 1.54) is 18.0 Å². The quantitative estimate of drug-likeness (QED) is 0.172. The van der Waals surface area contributed by atoms with Crippen molar-refractivity contribution in [3.8, 4) is 11.3 Å². The molecule has 1 unspecified atom stereocenters. The molecule has 1 saturated heterocycles. The van der Waals surface area contributed by atoms with Crippen LogP contribution in [0.25, 0.3) is 11.3 Å². The first-order valence-corrected chi connectivity index (χ1v) is 15.6. The van der Waals surface area contributed by atoms with Crippen LogP contribution in [-0.2, 0) is 4.74 Å². The average molecular weight is 633 g/mol. The number of alkyl halides is 2. The lowest BCUT2D eigenvalue weighted by Crippen LogP contribution is -2.54. The molecule has 0 bridgehead atoms. The molecule has 14 heteroatoms. The molecule has 1 saturated carbocycles. The van der Waals surface area contributed by atoms with Crippen LogP contribution in [0.3, 0.4) is 0 Å². The first kappa shape index (κ1) is 31.1. The second kappa shape index (κ2) is 12.0. The molecule has 3 N–H and O–H groups in total.